The molecule has 2 rings (SSSR count). The molecule has 2 heterocycles. The Morgan fingerprint density at radius 3 is 2.62 bits per heavy atom. The lowest BCUT2D eigenvalue weighted by atomic mass is 10.3. The van der Waals surface area contributed by atoms with Gasteiger partial charge in [0, 0.05) is 32.7 Å². The Balaban J connectivity index is 1.94. The highest BCUT2D eigenvalue weighted by atomic mass is 16.3. The minimum atomic E-state index is 0.220. The van der Waals surface area contributed by atoms with E-state index in [1.54, 1.807) is 12.4 Å². The second-order valence-electron chi connectivity index (χ2n) is 3.85. The zero-order valence-corrected chi connectivity index (χ0v) is 9.21. The Hall–Kier alpha value is -1.40. The normalized spacial score (nSPS) is 17.7. The van der Waals surface area contributed by atoms with Crippen LogP contribution in [0.15, 0.2) is 12.4 Å². The number of anilines is 2. The molecule has 88 valence electrons. The van der Waals surface area contributed by atoms with Gasteiger partial charge in [-0.2, -0.15) is 0 Å². The van der Waals surface area contributed by atoms with Crippen LogP contribution in [0.1, 0.15) is 0 Å². The summed E-state index contributed by atoms with van der Waals surface area (Å²) in [5, 5.41) is 8.84. The molecule has 1 aromatic heterocycles. The van der Waals surface area contributed by atoms with Crippen molar-refractivity contribution in [2.45, 2.75) is 0 Å². The number of aromatic nitrogens is 2. The third-order valence-electron chi connectivity index (χ3n) is 2.75. The van der Waals surface area contributed by atoms with Crippen molar-refractivity contribution in [3.05, 3.63) is 12.4 Å². The van der Waals surface area contributed by atoms with Gasteiger partial charge >= 0.3 is 0 Å². The van der Waals surface area contributed by atoms with E-state index >= 15 is 0 Å². The van der Waals surface area contributed by atoms with E-state index in [2.05, 4.69) is 19.8 Å². The predicted octanol–water partition coefficient (Wildman–Crippen LogP) is -0.827. The summed E-state index contributed by atoms with van der Waals surface area (Å²) < 4.78 is 0. The number of nitrogens with zero attached hydrogens (tertiary/aromatic N) is 4. The molecule has 0 bridgehead atoms. The number of β-amino-alcohol motifs (C(OH)–C–C–N with tert-alkyl or cyclic N) is 1. The Morgan fingerprint density at radius 2 is 2.00 bits per heavy atom. The fourth-order valence-corrected chi connectivity index (χ4v) is 1.86. The van der Waals surface area contributed by atoms with Gasteiger partial charge < -0.3 is 15.7 Å². The third kappa shape index (κ3) is 2.59. The van der Waals surface area contributed by atoms with E-state index in [-0.39, 0.29) is 6.61 Å². The number of aliphatic hydroxyl groups excluding tert-OH is 1. The van der Waals surface area contributed by atoms with Gasteiger partial charge in [-0.15, -0.1) is 0 Å². The molecule has 3 N–H and O–H groups in total. The molecule has 0 aliphatic carbocycles. The van der Waals surface area contributed by atoms with Crippen molar-refractivity contribution in [2.75, 3.05) is 50.0 Å². The highest BCUT2D eigenvalue weighted by molar-refractivity contribution is 5.41. The average molecular weight is 223 g/mol. The van der Waals surface area contributed by atoms with E-state index in [1.165, 1.54) is 0 Å². The number of aliphatic hydroxyl groups is 1. The largest absolute Gasteiger partial charge is 0.395 e. The lowest BCUT2D eigenvalue weighted by molar-refractivity contribution is 0.188. The number of hydrogen-bond donors (Lipinski definition) is 2. The number of piperazine rings is 1. The zero-order chi connectivity index (χ0) is 11.4. The van der Waals surface area contributed by atoms with Gasteiger partial charge in [0.1, 0.15) is 11.6 Å². The van der Waals surface area contributed by atoms with Gasteiger partial charge in [0.2, 0.25) is 0 Å². The van der Waals surface area contributed by atoms with Crippen LogP contribution in [0.5, 0.6) is 0 Å². The SMILES string of the molecule is Nc1cncc(N2CCN(CCO)CC2)n1. The van der Waals surface area contributed by atoms with Crippen LogP contribution in [0, 0.1) is 0 Å². The van der Waals surface area contributed by atoms with Crippen molar-refractivity contribution in [1.29, 1.82) is 0 Å². The van der Waals surface area contributed by atoms with Crippen molar-refractivity contribution >= 4 is 11.6 Å². The first-order valence-electron chi connectivity index (χ1n) is 5.45. The van der Waals surface area contributed by atoms with E-state index in [4.69, 9.17) is 10.8 Å². The number of rotatable bonds is 3. The van der Waals surface area contributed by atoms with Crippen LogP contribution >= 0.6 is 0 Å². The number of nitrogens with two attached hydrogens (primary N) is 1. The minimum Gasteiger partial charge on any atom is -0.395 e. The molecule has 0 saturated carbocycles. The van der Waals surface area contributed by atoms with Crippen molar-refractivity contribution < 1.29 is 5.11 Å². The topological polar surface area (TPSA) is 78.5 Å². The monoisotopic (exact) mass is 223 g/mol. The Morgan fingerprint density at radius 1 is 1.25 bits per heavy atom. The lowest BCUT2D eigenvalue weighted by Crippen LogP contribution is -2.47. The van der Waals surface area contributed by atoms with Crippen molar-refractivity contribution in [2.24, 2.45) is 0 Å². The molecule has 6 nitrogen and oxygen atoms in total. The first kappa shape index (κ1) is 11.1. The highest BCUT2D eigenvalue weighted by Gasteiger charge is 2.17. The van der Waals surface area contributed by atoms with E-state index in [1.807, 2.05) is 0 Å². The molecule has 0 radical (unpaired) electrons. The molecular formula is C10H17N5O. The van der Waals surface area contributed by atoms with Gasteiger partial charge in [0.25, 0.3) is 0 Å². The molecule has 1 saturated heterocycles. The van der Waals surface area contributed by atoms with Gasteiger partial charge in [-0.05, 0) is 0 Å². The van der Waals surface area contributed by atoms with Crippen molar-refractivity contribution in [1.82, 2.24) is 14.9 Å². The Bertz CT molecular complexity index is 338. The molecular weight excluding hydrogens is 206 g/mol. The molecule has 0 amide bonds. The van der Waals surface area contributed by atoms with Gasteiger partial charge in [-0.1, -0.05) is 0 Å². The summed E-state index contributed by atoms with van der Waals surface area (Å²) in [4.78, 5) is 12.7. The molecule has 1 fully saturated rings. The minimum absolute atomic E-state index is 0.220. The predicted molar refractivity (Wildman–Crippen MR) is 62.2 cm³/mol. The van der Waals surface area contributed by atoms with Crippen LogP contribution in [-0.2, 0) is 0 Å². The van der Waals surface area contributed by atoms with Crippen LogP contribution in [0.2, 0.25) is 0 Å². The van der Waals surface area contributed by atoms with Crippen LogP contribution in [-0.4, -0.2) is 59.3 Å². The maximum absolute atomic E-state index is 8.84. The summed E-state index contributed by atoms with van der Waals surface area (Å²) in [5.74, 6) is 1.29. The fraction of sp³-hybridized carbons (Fsp3) is 0.600. The van der Waals surface area contributed by atoms with E-state index in [0.717, 1.165) is 38.5 Å². The number of nitrogen functional groups attached to an aromatic ring is 1. The summed E-state index contributed by atoms with van der Waals surface area (Å²) in [6.07, 6.45) is 3.28. The molecule has 0 aromatic carbocycles. The second kappa shape index (κ2) is 5.09. The van der Waals surface area contributed by atoms with Gasteiger partial charge in [0.05, 0.1) is 19.0 Å². The lowest BCUT2D eigenvalue weighted by Gasteiger charge is -2.34. The number of hydrogen-bond acceptors (Lipinski definition) is 6. The maximum atomic E-state index is 8.84. The summed E-state index contributed by atoms with van der Waals surface area (Å²) in [7, 11) is 0. The van der Waals surface area contributed by atoms with Gasteiger partial charge in [0.15, 0.2) is 0 Å². The molecule has 0 unspecified atom stereocenters. The van der Waals surface area contributed by atoms with Crippen LogP contribution in [0.3, 0.4) is 0 Å². The average Bonchev–Trinajstić information content (AvgIpc) is 2.30. The smallest absolute Gasteiger partial charge is 0.149 e. The van der Waals surface area contributed by atoms with Crippen LogP contribution < -0.4 is 10.6 Å². The van der Waals surface area contributed by atoms with Gasteiger partial charge in [-0.3, -0.25) is 9.88 Å². The molecule has 6 heteroatoms. The standard InChI is InChI=1S/C10H17N5O/c11-9-7-12-8-10(13-9)15-3-1-14(2-4-15)5-6-16/h7-8,16H,1-6H2,(H2,11,13). The van der Waals surface area contributed by atoms with E-state index in [9.17, 15) is 0 Å². The zero-order valence-electron chi connectivity index (χ0n) is 9.21. The summed E-state index contributed by atoms with van der Waals surface area (Å²) in [6, 6.07) is 0. The molecule has 1 aromatic rings. The molecule has 16 heavy (non-hydrogen) atoms. The summed E-state index contributed by atoms with van der Waals surface area (Å²) >= 11 is 0. The Kier molecular flexibility index (Phi) is 3.53. The van der Waals surface area contributed by atoms with Gasteiger partial charge in [-0.25, -0.2) is 4.98 Å². The van der Waals surface area contributed by atoms with Crippen LogP contribution in [0.4, 0.5) is 11.6 Å². The molecule has 0 spiro atoms. The molecule has 1 aliphatic heterocycles. The van der Waals surface area contributed by atoms with Crippen molar-refractivity contribution in [3.8, 4) is 0 Å². The molecule has 0 atom stereocenters. The highest BCUT2D eigenvalue weighted by Crippen LogP contribution is 2.13. The maximum Gasteiger partial charge on any atom is 0.149 e. The summed E-state index contributed by atoms with van der Waals surface area (Å²) in [6.45, 7) is 4.65. The first-order valence-corrected chi connectivity index (χ1v) is 5.45. The third-order valence-corrected chi connectivity index (χ3v) is 2.75. The quantitative estimate of drug-likeness (QED) is 0.696. The van der Waals surface area contributed by atoms with E-state index < -0.39 is 0 Å². The first-order chi connectivity index (χ1) is 7.79. The molecule has 1 aliphatic rings. The second-order valence-corrected chi connectivity index (χ2v) is 3.85. The van der Waals surface area contributed by atoms with Crippen molar-refractivity contribution in [3.63, 3.8) is 0 Å². The van der Waals surface area contributed by atoms with Crippen LogP contribution in [0.25, 0.3) is 0 Å². The summed E-state index contributed by atoms with van der Waals surface area (Å²) in [5.41, 5.74) is 5.60. The fourth-order valence-electron chi connectivity index (χ4n) is 1.86. The van der Waals surface area contributed by atoms with E-state index in [0.29, 0.717) is 5.82 Å². The Labute approximate surface area is 94.7 Å².